The summed E-state index contributed by atoms with van der Waals surface area (Å²) in [5.41, 5.74) is 2.40. The van der Waals surface area contributed by atoms with Crippen LogP contribution in [-0.4, -0.2) is 12.4 Å². The summed E-state index contributed by atoms with van der Waals surface area (Å²) in [6.07, 6.45) is 6.44. The number of ketones is 1. The second kappa shape index (κ2) is 6.09. The summed E-state index contributed by atoms with van der Waals surface area (Å²) in [7, 11) is 0. The van der Waals surface area contributed by atoms with Crippen molar-refractivity contribution in [2.45, 2.75) is 51.6 Å². The number of hydrogen-bond acceptors (Lipinski definition) is 2. The number of carbonyl (C=O) groups excluding carboxylic acids is 1. The van der Waals surface area contributed by atoms with Crippen molar-refractivity contribution >= 4 is 5.78 Å². The van der Waals surface area contributed by atoms with E-state index in [1.807, 2.05) is 6.07 Å². The molecule has 1 aromatic carbocycles. The molecule has 1 fully saturated rings. The Morgan fingerprint density at radius 2 is 2.15 bits per heavy atom. The molecule has 1 aliphatic carbocycles. The zero-order valence-corrected chi connectivity index (χ0v) is 12.3. The van der Waals surface area contributed by atoms with Gasteiger partial charge in [0.25, 0.3) is 0 Å². The maximum atomic E-state index is 12.9. The Morgan fingerprint density at radius 1 is 1.30 bits per heavy atom. The van der Waals surface area contributed by atoms with Gasteiger partial charge in [0.15, 0.2) is 5.78 Å². The maximum Gasteiger partial charge on any atom is 0.169 e. The van der Waals surface area contributed by atoms with Gasteiger partial charge in [-0.1, -0.05) is 50.5 Å². The zero-order valence-electron chi connectivity index (χ0n) is 12.3. The number of Topliss-reactive ketones (excluding diaryl/α,β-unsaturated/α-hetero) is 1. The number of ether oxygens (including phenoxy) is 1. The third-order valence-electron chi connectivity index (χ3n) is 5.01. The van der Waals surface area contributed by atoms with E-state index in [2.05, 4.69) is 25.1 Å². The van der Waals surface area contributed by atoms with Gasteiger partial charge in [0.1, 0.15) is 6.10 Å². The van der Waals surface area contributed by atoms with E-state index in [0.717, 1.165) is 30.7 Å². The van der Waals surface area contributed by atoms with Crippen molar-refractivity contribution in [1.29, 1.82) is 0 Å². The van der Waals surface area contributed by atoms with Crippen molar-refractivity contribution in [1.82, 2.24) is 0 Å². The molecule has 3 atom stereocenters. The Hall–Kier alpha value is -1.15. The van der Waals surface area contributed by atoms with Crippen LogP contribution in [0.2, 0.25) is 0 Å². The van der Waals surface area contributed by atoms with Gasteiger partial charge in [0.2, 0.25) is 0 Å². The fourth-order valence-corrected chi connectivity index (χ4v) is 3.76. The van der Waals surface area contributed by atoms with Gasteiger partial charge < -0.3 is 4.74 Å². The molecule has 0 aromatic heterocycles. The summed E-state index contributed by atoms with van der Waals surface area (Å²) in [6.45, 7) is 2.92. The zero-order chi connectivity index (χ0) is 13.9. The summed E-state index contributed by atoms with van der Waals surface area (Å²) in [5.74, 6) is 1.27. The first kappa shape index (κ1) is 13.8. The first-order valence-electron chi connectivity index (χ1n) is 8.02. The molecule has 0 amide bonds. The normalized spacial score (nSPS) is 29.8. The van der Waals surface area contributed by atoms with Gasteiger partial charge in [-0.15, -0.1) is 0 Å². The van der Waals surface area contributed by atoms with E-state index in [1.165, 1.54) is 24.8 Å². The molecule has 0 N–H and O–H groups in total. The van der Waals surface area contributed by atoms with Crippen LogP contribution in [0.4, 0.5) is 0 Å². The summed E-state index contributed by atoms with van der Waals surface area (Å²) < 4.78 is 5.84. The van der Waals surface area contributed by atoms with Crippen LogP contribution in [0.25, 0.3) is 0 Å². The van der Waals surface area contributed by atoms with Crippen molar-refractivity contribution in [3.8, 4) is 0 Å². The number of hydrogen-bond donors (Lipinski definition) is 0. The summed E-state index contributed by atoms with van der Waals surface area (Å²) in [6, 6.07) is 8.27. The predicted molar refractivity (Wildman–Crippen MR) is 79.6 cm³/mol. The largest absolute Gasteiger partial charge is 0.365 e. The molecule has 0 radical (unpaired) electrons. The first-order valence-corrected chi connectivity index (χ1v) is 8.02. The topological polar surface area (TPSA) is 26.3 Å². The Kier molecular flexibility index (Phi) is 4.21. The molecule has 1 aliphatic heterocycles. The molecule has 2 heteroatoms. The highest BCUT2D eigenvalue weighted by atomic mass is 16.5. The molecule has 2 nitrogen and oxygen atoms in total. The lowest BCUT2D eigenvalue weighted by atomic mass is 9.76. The second-order valence-corrected chi connectivity index (χ2v) is 6.24. The summed E-state index contributed by atoms with van der Waals surface area (Å²) in [5, 5.41) is 0. The molecule has 3 rings (SSSR count). The summed E-state index contributed by atoms with van der Waals surface area (Å²) >= 11 is 0. The Morgan fingerprint density at radius 3 is 3.00 bits per heavy atom. The Balaban J connectivity index is 1.78. The highest BCUT2D eigenvalue weighted by molar-refractivity contribution is 5.87. The third-order valence-corrected chi connectivity index (χ3v) is 5.01. The molecule has 3 unspecified atom stereocenters. The third kappa shape index (κ3) is 2.67. The molecule has 1 heterocycles. The lowest BCUT2D eigenvalue weighted by Gasteiger charge is -2.32. The van der Waals surface area contributed by atoms with Gasteiger partial charge >= 0.3 is 0 Å². The fraction of sp³-hybridized carbons (Fsp3) is 0.611. The average molecular weight is 272 g/mol. The van der Waals surface area contributed by atoms with E-state index in [4.69, 9.17) is 4.74 Å². The molecule has 108 valence electrons. The lowest BCUT2D eigenvalue weighted by molar-refractivity contribution is -0.137. The van der Waals surface area contributed by atoms with Crippen LogP contribution in [0.15, 0.2) is 24.3 Å². The molecule has 1 saturated carbocycles. The van der Waals surface area contributed by atoms with Crippen molar-refractivity contribution < 1.29 is 9.53 Å². The van der Waals surface area contributed by atoms with Crippen LogP contribution in [0.1, 0.15) is 56.3 Å². The van der Waals surface area contributed by atoms with Crippen LogP contribution in [0.3, 0.4) is 0 Å². The van der Waals surface area contributed by atoms with E-state index < -0.39 is 0 Å². The maximum absolute atomic E-state index is 12.9. The molecular weight excluding hydrogens is 248 g/mol. The number of rotatable bonds is 3. The van der Waals surface area contributed by atoms with Gasteiger partial charge in [0, 0.05) is 5.92 Å². The van der Waals surface area contributed by atoms with E-state index in [-0.39, 0.29) is 12.0 Å². The minimum absolute atomic E-state index is 0.213. The van der Waals surface area contributed by atoms with E-state index in [1.54, 1.807) is 0 Å². The minimum Gasteiger partial charge on any atom is -0.365 e. The monoisotopic (exact) mass is 272 g/mol. The molecule has 2 aliphatic rings. The van der Waals surface area contributed by atoms with E-state index in [0.29, 0.717) is 12.4 Å². The molecular formula is C18H24O2. The molecule has 0 bridgehead atoms. The van der Waals surface area contributed by atoms with Crippen LogP contribution < -0.4 is 0 Å². The van der Waals surface area contributed by atoms with Crippen LogP contribution in [0, 0.1) is 11.8 Å². The second-order valence-electron chi connectivity index (χ2n) is 6.24. The van der Waals surface area contributed by atoms with Crippen LogP contribution in [-0.2, 0) is 16.0 Å². The number of carbonyl (C=O) groups is 1. The summed E-state index contributed by atoms with van der Waals surface area (Å²) in [4.78, 5) is 12.9. The molecule has 0 spiro atoms. The minimum atomic E-state index is -0.305. The van der Waals surface area contributed by atoms with Gasteiger partial charge in [-0.05, 0) is 36.3 Å². The van der Waals surface area contributed by atoms with Crippen molar-refractivity contribution in [3.05, 3.63) is 35.4 Å². The van der Waals surface area contributed by atoms with Crippen molar-refractivity contribution in [2.75, 3.05) is 6.61 Å². The van der Waals surface area contributed by atoms with Crippen LogP contribution in [0.5, 0.6) is 0 Å². The van der Waals surface area contributed by atoms with E-state index >= 15 is 0 Å². The van der Waals surface area contributed by atoms with Crippen LogP contribution >= 0.6 is 0 Å². The van der Waals surface area contributed by atoms with Gasteiger partial charge in [-0.25, -0.2) is 0 Å². The Labute approximate surface area is 121 Å². The van der Waals surface area contributed by atoms with E-state index in [9.17, 15) is 4.79 Å². The Bertz CT molecular complexity index is 480. The number of benzene rings is 1. The average Bonchev–Trinajstić information content (AvgIpc) is 2.53. The van der Waals surface area contributed by atoms with Crippen molar-refractivity contribution in [3.63, 3.8) is 0 Å². The smallest absolute Gasteiger partial charge is 0.169 e. The molecule has 1 aromatic rings. The quantitative estimate of drug-likeness (QED) is 0.828. The van der Waals surface area contributed by atoms with Crippen molar-refractivity contribution in [2.24, 2.45) is 11.8 Å². The predicted octanol–water partition coefficient (Wildman–Crippen LogP) is 4.09. The molecule has 0 saturated heterocycles. The standard InChI is InChI=1S/C18H24O2/c1-2-13-6-5-8-15(12-13)17(19)18-16-9-4-3-7-14(16)10-11-20-18/h3-4,7,9,13,15,18H,2,5-6,8,10-12H2,1H3. The van der Waals surface area contributed by atoms with Gasteiger partial charge in [0.05, 0.1) is 6.61 Å². The van der Waals surface area contributed by atoms with Gasteiger partial charge in [-0.2, -0.15) is 0 Å². The van der Waals surface area contributed by atoms with Gasteiger partial charge in [-0.3, -0.25) is 4.79 Å². The SMILES string of the molecule is CCC1CCCC(C(=O)C2OCCc3ccccc32)C1. The number of fused-ring (bicyclic) bond motifs is 1. The highest BCUT2D eigenvalue weighted by Gasteiger charge is 2.34. The fourth-order valence-electron chi connectivity index (χ4n) is 3.76. The molecule has 20 heavy (non-hydrogen) atoms. The first-order chi connectivity index (χ1) is 9.79. The lowest BCUT2D eigenvalue weighted by Crippen LogP contribution is -2.31. The highest BCUT2D eigenvalue weighted by Crippen LogP contribution is 2.37.